The van der Waals surface area contributed by atoms with Gasteiger partial charge in [0.05, 0.1) is 23.2 Å². The molecule has 27 heavy (non-hydrogen) atoms. The van der Waals surface area contributed by atoms with Gasteiger partial charge in [-0.25, -0.2) is 4.98 Å². The van der Waals surface area contributed by atoms with Crippen molar-refractivity contribution in [2.45, 2.75) is 11.7 Å². The Morgan fingerprint density at radius 1 is 1.26 bits per heavy atom. The quantitative estimate of drug-likeness (QED) is 0.375. The fourth-order valence-corrected chi connectivity index (χ4v) is 3.55. The van der Waals surface area contributed by atoms with Crippen molar-refractivity contribution in [3.05, 3.63) is 82.1 Å². The largest absolute Gasteiger partial charge is 0.352 e. The fourth-order valence-electron chi connectivity index (χ4n) is 2.56. The van der Waals surface area contributed by atoms with Gasteiger partial charge in [0.15, 0.2) is 5.16 Å². The minimum absolute atomic E-state index is 0.147. The molecule has 0 bridgehead atoms. The summed E-state index contributed by atoms with van der Waals surface area (Å²) in [4.78, 5) is 29.6. The van der Waals surface area contributed by atoms with Gasteiger partial charge in [0, 0.05) is 11.6 Å². The average Bonchev–Trinajstić information content (AvgIpc) is 2.67. The Labute approximate surface area is 166 Å². The Bertz CT molecular complexity index is 1030. The molecule has 7 heteroatoms. The molecule has 1 heterocycles. The van der Waals surface area contributed by atoms with Crippen molar-refractivity contribution in [2.24, 2.45) is 0 Å². The summed E-state index contributed by atoms with van der Waals surface area (Å²) >= 11 is 7.27. The van der Waals surface area contributed by atoms with Crippen molar-refractivity contribution >= 4 is 40.2 Å². The van der Waals surface area contributed by atoms with E-state index in [1.165, 1.54) is 11.8 Å². The number of nitrogens with zero attached hydrogens (tertiary/aromatic N) is 2. The van der Waals surface area contributed by atoms with Gasteiger partial charge in [0.1, 0.15) is 0 Å². The summed E-state index contributed by atoms with van der Waals surface area (Å²) in [5.74, 6) is 0.00725. The summed E-state index contributed by atoms with van der Waals surface area (Å²) < 4.78 is 1.59. The monoisotopic (exact) mass is 399 g/mol. The molecule has 0 aliphatic rings. The number of halogens is 1. The van der Waals surface area contributed by atoms with E-state index in [1.54, 1.807) is 28.8 Å². The van der Waals surface area contributed by atoms with Crippen LogP contribution in [0.25, 0.3) is 10.9 Å². The first-order valence-corrected chi connectivity index (χ1v) is 9.69. The van der Waals surface area contributed by atoms with Gasteiger partial charge >= 0.3 is 0 Å². The maximum atomic E-state index is 13.0. The number of hydrogen-bond acceptors (Lipinski definition) is 4. The van der Waals surface area contributed by atoms with E-state index in [-0.39, 0.29) is 17.2 Å². The third kappa shape index (κ3) is 4.78. The highest BCUT2D eigenvalue weighted by Crippen LogP contribution is 2.21. The summed E-state index contributed by atoms with van der Waals surface area (Å²) in [5, 5.41) is 4.20. The molecule has 0 fully saturated rings. The van der Waals surface area contributed by atoms with Crippen molar-refractivity contribution in [3.8, 4) is 0 Å². The van der Waals surface area contributed by atoms with Crippen molar-refractivity contribution in [1.82, 2.24) is 14.9 Å². The summed E-state index contributed by atoms with van der Waals surface area (Å²) in [5.41, 5.74) is 1.34. The van der Waals surface area contributed by atoms with Crippen LogP contribution in [0.5, 0.6) is 0 Å². The zero-order chi connectivity index (χ0) is 19.2. The van der Waals surface area contributed by atoms with Crippen LogP contribution < -0.4 is 10.9 Å². The van der Waals surface area contributed by atoms with Gasteiger partial charge in [-0.05, 0) is 23.8 Å². The molecule has 0 aliphatic heterocycles. The summed E-state index contributed by atoms with van der Waals surface area (Å²) in [7, 11) is 0. The Hall–Kier alpha value is -2.57. The molecule has 2 aromatic carbocycles. The van der Waals surface area contributed by atoms with Crippen LogP contribution in [-0.2, 0) is 11.3 Å². The first-order chi connectivity index (χ1) is 13.1. The van der Waals surface area contributed by atoms with Crippen LogP contribution >= 0.6 is 23.4 Å². The van der Waals surface area contributed by atoms with E-state index in [1.807, 2.05) is 30.3 Å². The highest BCUT2D eigenvalue weighted by Gasteiger charge is 2.14. The number of amides is 1. The number of benzene rings is 2. The standard InChI is InChI=1S/C20H18ClN3O2S/c1-2-10-22-18(25)13-27-20-23-17-11-15(21)8-9-16(17)19(26)24(20)12-14-6-4-3-5-7-14/h2-9,11H,1,10,12-13H2,(H,22,25). The van der Waals surface area contributed by atoms with E-state index < -0.39 is 0 Å². The number of hydrogen-bond donors (Lipinski definition) is 1. The third-order valence-corrected chi connectivity index (χ3v) is 5.05. The van der Waals surface area contributed by atoms with Gasteiger partial charge in [-0.1, -0.05) is 59.8 Å². The molecule has 138 valence electrons. The molecule has 0 saturated heterocycles. The lowest BCUT2D eigenvalue weighted by Gasteiger charge is -2.13. The van der Waals surface area contributed by atoms with Crippen LogP contribution in [0.3, 0.4) is 0 Å². The number of aromatic nitrogens is 2. The van der Waals surface area contributed by atoms with Gasteiger partial charge in [-0.3, -0.25) is 14.2 Å². The Balaban J connectivity index is 1.99. The van der Waals surface area contributed by atoms with E-state index in [9.17, 15) is 9.59 Å². The van der Waals surface area contributed by atoms with E-state index >= 15 is 0 Å². The molecular formula is C20H18ClN3O2S. The lowest BCUT2D eigenvalue weighted by molar-refractivity contribution is -0.118. The Kier molecular flexibility index (Phi) is 6.32. The van der Waals surface area contributed by atoms with Gasteiger partial charge in [-0.15, -0.1) is 6.58 Å². The zero-order valence-electron chi connectivity index (χ0n) is 14.5. The smallest absolute Gasteiger partial charge is 0.262 e. The SMILES string of the molecule is C=CCNC(=O)CSc1nc2cc(Cl)ccc2c(=O)n1Cc1ccccc1. The summed E-state index contributed by atoms with van der Waals surface area (Å²) in [6.45, 7) is 4.35. The van der Waals surface area contributed by atoms with Gasteiger partial charge in [0.2, 0.25) is 5.91 Å². The topological polar surface area (TPSA) is 64.0 Å². The Morgan fingerprint density at radius 3 is 2.78 bits per heavy atom. The van der Waals surface area contributed by atoms with E-state index in [2.05, 4.69) is 16.9 Å². The second-order valence-corrected chi connectivity index (χ2v) is 7.19. The van der Waals surface area contributed by atoms with E-state index in [0.717, 1.165) is 5.56 Å². The lowest BCUT2D eigenvalue weighted by Crippen LogP contribution is -2.27. The first-order valence-electron chi connectivity index (χ1n) is 8.33. The number of thioether (sulfide) groups is 1. The second-order valence-electron chi connectivity index (χ2n) is 5.81. The van der Waals surface area contributed by atoms with Crippen LogP contribution in [0.1, 0.15) is 5.56 Å². The molecule has 3 rings (SSSR count). The zero-order valence-corrected chi connectivity index (χ0v) is 16.1. The van der Waals surface area contributed by atoms with Crippen LogP contribution in [0.15, 0.2) is 71.1 Å². The predicted molar refractivity (Wildman–Crippen MR) is 110 cm³/mol. The molecule has 1 amide bonds. The first kappa shape index (κ1) is 19.2. The van der Waals surface area contributed by atoms with Gasteiger partial charge < -0.3 is 5.32 Å². The molecule has 0 radical (unpaired) electrons. The number of rotatable bonds is 7. The van der Waals surface area contributed by atoms with Crippen LogP contribution in [-0.4, -0.2) is 27.8 Å². The van der Waals surface area contributed by atoms with Gasteiger partial charge in [-0.2, -0.15) is 0 Å². The maximum absolute atomic E-state index is 13.0. The molecule has 5 nitrogen and oxygen atoms in total. The predicted octanol–water partition coefficient (Wildman–Crippen LogP) is 3.49. The summed E-state index contributed by atoms with van der Waals surface area (Å²) in [6.07, 6.45) is 1.62. The van der Waals surface area contributed by atoms with E-state index in [0.29, 0.717) is 34.2 Å². The molecule has 0 saturated carbocycles. The van der Waals surface area contributed by atoms with Crippen LogP contribution in [0, 0.1) is 0 Å². The second kappa shape index (κ2) is 8.88. The van der Waals surface area contributed by atoms with Crippen molar-refractivity contribution < 1.29 is 4.79 Å². The number of nitrogens with one attached hydrogen (secondary N) is 1. The highest BCUT2D eigenvalue weighted by molar-refractivity contribution is 7.99. The maximum Gasteiger partial charge on any atom is 0.262 e. The number of carbonyl (C=O) groups excluding carboxylic acids is 1. The molecule has 0 unspecified atom stereocenters. The van der Waals surface area contributed by atoms with Crippen molar-refractivity contribution in [1.29, 1.82) is 0 Å². The van der Waals surface area contributed by atoms with Crippen molar-refractivity contribution in [2.75, 3.05) is 12.3 Å². The lowest BCUT2D eigenvalue weighted by atomic mass is 10.2. The number of fused-ring (bicyclic) bond motifs is 1. The third-order valence-electron chi connectivity index (χ3n) is 3.84. The van der Waals surface area contributed by atoms with Crippen LogP contribution in [0.2, 0.25) is 5.02 Å². The molecule has 0 aliphatic carbocycles. The number of carbonyl (C=O) groups is 1. The van der Waals surface area contributed by atoms with E-state index in [4.69, 9.17) is 11.6 Å². The minimum atomic E-state index is -0.158. The van der Waals surface area contributed by atoms with Gasteiger partial charge in [0.25, 0.3) is 5.56 Å². The van der Waals surface area contributed by atoms with Crippen LogP contribution in [0.4, 0.5) is 0 Å². The minimum Gasteiger partial charge on any atom is -0.352 e. The molecule has 1 N–H and O–H groups in total. The fraction of sp³-hybridized carbons (Fsp3) is 0.150. The molecule has 0 atom stereocenters. The molecule has 1 aromatic heterocycles. The summed E-state index contributed by atoms with van der Waals surface area (Å²) in [6, 6.07) is 14.7. The average molecular weight is 400 g/mol. The van der Waals surface area contributed by atoms with Crippen molar-refractivity contribution in [3.63, 3.8) is 0 Å². The Morgan fingerprint density at radius 2 is 2.04 bits per heavy atom. The molecular weight excluding hydrogens is 382 g/mol. The molecule has 3 aromatic rings. The highest BCUT2D eigenvalue weighted by atomic mass is 35.5. The molecule has 0 spiro atoms. The normalized spacial score (nSPS) is 10.7.